The summed E-state index contributed by atoms with van der Waals surface area (Å²) in [6.45, 7) is 0. The van der Waals surface area contributed by atoms with Crippen molar-refractivity contribution in [3.8, 4) is 22.9 Å². The Morgan fingerprint density at radius 3 is 2.58 bits per heavy atom. The Balaban J connectivity index is 1.87. The van der Waals surface area contributed by atoms with Gasteiger partial charge in [0.1, 0.15) is 11.4 Å². The third-order valence-corrected chi connectivity index (χ3v) is 6.64. The van der Waals surface area contributed by atoms with Gasteiger partial charge in [-0.15, -0.1) is 3.89 Å². The van der Waals surface area contributed by atoms with Gasteiger partial charge in [0, 0.05) is 23.5 Å². The van der Waals surface area contributed by atoms with Crippen molar-refractivity contribution < 1.29 is 17.0 Å². The number of H-pyrrole nitrogens is 1. The molecule has 0 atom stereocenters. The maximum Gasteiger partial charge on any atom is 0.332 e. The van der Waals surface area contributed by atoms with E-state index in [1.807, 2.05) is 4.57 Å². The summed E-state index contributed by atoms with van der Waals surface area (Å²) in [7, 11) is -1.65. The molecule has 9 heteroatoms. The van der Waals surface area contributed by atoms with Crippen LogP contribution >= 0.6 is 0 Å². The molecular weight excluding hydrogens is 445 g/mol. The first-order valence-corrected chi connectivity index (χ1v) is 11.2. The molecule has 0 unspecified atom stereocenters. The highest BCUT2D eigenvalue weighted by Crippen LogP contribution is 2.36. The van der Waals surface area contributed by atoms with Crippen LogP contribution < -0.4 is 10.2 Å². The van der Waals surface area contributed by atoms with Gasteiger partial charge in [-0.25, -0.2) is 0 Å². The van der Waals surface area contributed by atoms with Gasteiger partial charge in [0.25, 0.3) is 0 Å². The van der Waals surface area contributed by atoms with Crippen LogP contribution in [0.15, 0.2) is 64.3 Å². The monoisotopic (exact) mass is 461 g/mol. The standard InChI is InChI=1S/C24H16FN3O4S/c1-28-20-10-17(14-4-3-5-15(9-14)33(25,30)31)21(32-2)11-18(20)23(29)22-16-7-6-13(12-26)8-19(16)27-24(22)28/h3-11,27H,1-2H3. The molecule has 0 aliphatic rings. The van der Waals surface area contributed by atoms with Gasteiger partial charge in [-0.1, -0.05) is 18.2 Å². The molecule has 0 saturated carbocycles. The summed E-state index contributed by atoms with van der Waals surface area (Å²) < 4.78 is 43.7. The highest BCUT2D eigenvalue weighted by Gasteiger charge is 2.19. The maximum absolute atomic E-state index is 13.6. The summed E-state index contributed by atoms with van der Waals surface area (Å²) >= 11 is 0. The number of methoxy groups -OCH3 is 1. The molecule has 0 aliphatic heterocycles. The number of hydrogen-bond donors (Lipinski definition) is 1. The first kappa shape index (κ1) is 20.7. The van der Waals surface area contributed by atoms with E-state index in [2.05, 4.69) is 11.1 Å². The van der Waals surface area contributed by atoms with Crippen molar-refractivity contribution in [2.24, 2.45) is 7.05 Å². The third-order valence-electron chi connectivity index (χ3n) is 5.82. The zero-order chi connectivity index (χ0) is 23.5. The van der Waals surface area contributed by atoms with Crippen molar-refractivity contribution in [1.82, 2.24) is 9.55 Å². The van der Waals surface area contributed by atoms with Crippen LogP contribution in [0.3, 0.4) is 0 Å². The van der Waals surface area contributed by atoms with Crippen molar-refractivity contribution in [1.29, 1.82) is 5.26 Å². The molecule has 33 heavy (non-hydrogen) atoms. The highest BCUT2D eigenvalue weighted by atomic mass is 32.3. The second kappa shape index (κ2) is 7.18. The van der Waals surface area contributed by atoms with Crippen molar-refractivity contribution in [2.75, 3.05) is 7.11 Å². The number of fused-ring (bicyclic) bond motifs is 4. The lowest BCUT2D eigenvalue weighted by atomic mass is 10.0. The zero-order valence-electron chi connectivity index (χ0n) is 17.5. The Kier molecular flexibility index (Phi) is 4.51. The van der Waals surface area contributed by atoms with Crippen LogP contribution in [0.1, 0.15) is 5.56 Å². The van der Waals surface area contributed by atoms with Crippen molar-refractivity contribution >= 4 is 43.1 Å². The molecular formula is C24H16FN3O4S. The average Bonchev–Trinajstić information content (AvgIpc) is 3.20. The highest BCUT2D eigenvalue weighted by molar-refractivity contribution is 7.86. The van der Waals surface area contributed by atoms with Crippen LogP contribution in [0.2, 0.25) is 0 Å². The molecule has 0 amide bonds. The molecule has 5 rings (SSSR count). The molecule has 0 fully saturated rings. The minimum atomic E-state index is -4.88. The van der Waals surface area contributed by atoms with Crippen LogP contribution in [0.25, 0.3) is 44.0 Å². The lowest BCUT2D eigenvalue weighted by Gasteiger charge is -2.14. The molecule has 7 nitrogen and oxygen atoms in total. The number of halogens is 1. The SMILES string of the molecule is COc1cc2c(=O)c3c4ccc(C#N)cc4[nH]c3n(C)c2cc1-c1cccc(S(=O)(=O)F)c1. The average molecular weight is 461 g/mol. The molecule has 5 aromatic rings. The van der Waals surface area contributed by atoms with E-state index < -0.39 is 15.1 Å². The van der Waals surface area contributed by atoms with Crippen LogP contribution in [0.4, 0.5) is 3.89 Å². The van der Waals surface area contributed by atoms with E-state index in [0.717, 1.165) is 0 Å². The number of nitrogens with zero attached hydrogens (tertiary/aromatic N) is 2. The van der Waals surface area contributed by atoms with Crippen LogP contribution in [0.5, 0.6) is 5.75 Å². The largest absolute Gasteiger partial charge is 0.496 e. The topological polar surface area (TPSA) is 105 Å². The van der Waals surface area contributed by atoms with Crippen molar-refractivity contribution in [3.05, 3.63) is 70.4 Å². The maximum atomic E-state index is 13.6. The number of ether oxygens (including phenoxy) is 1. The van der Waals surface area contributed by atoms with Crippen LogP contribution in [0, 0.1) is 11.3 Å². The van der Waals surface area contributed by atoms with Gasteiger partial charge in [0.15, 0.2) is 5.43 Å². The van der Waals surface area contributed by atoms with Gasteiger partial charge < -0.3 is 14.3 Å². The first-order valence-electron chi connectivity index (χ1n) is 9.84. The van der Waals surface area contributed by atoms with Crippen LogP contribution in [-0.4, -0.2) is 25.1 Å². The minimum Gasteiger partial charge on any atom is -0.496 e. The number of benzene rings is 3. The zero-order valence-corrected chi connectivity index (χ0v) is 18.3. The van der Waals surface area contributed by atoms with Crippen molar-refractivity contribution in [2.45, 2.75) is 4.90 Å². The van der Waals surface area contributed by atoms with Gasteiger partial charge in [-0.2, -0.15) is 13.7 Å². The quantitative estimate of drug-likeness (QED) is 0.402. The van der Waals surface area contributed by atoms with E-state index in [1.54, 1.807) is 43.4 Å². The second-order valence-corrected chi connectivity index (χ2v) is 8.99. The molecule has 0 bridgehead atoms. The fourth-order valence-corrected chi connectivity index (χ4v) is 4.74. The number of hydrogen-bond acceptors (Lipinski definition) is 5. The molecule has 2 heterocycles. The van der Waals surface area contributed by atoms with Gasteiger partial charge >= 0.3 is 10.2 Å². The van der Waals surface area contributed by atoms with Gasteiger partial charge in [-0.3, -0.25) is 4.79 Å². The Morgan fingerprint density at radius 1 is 1.09 bits per heavy atom. The fraction of sp³-hybridized carbons (Fsp3) is 0.0833. The Bertz CT molecular complexity index is 1830. The van der Waals surface area contributed by atoms with Crippen LogP contribution in [-0.2, 0) is 17.3 Å². The number of aromatic amines is 1. The van der Waals surface area contributed by atoms with Gasteiger partial charge in [-0.05, 0) is 42.0 Å². The predicted molar refractivity (Wildman–Crippen MR) is 124 cm³/mol. The lowest BCUT2D eigenvalue weighted by Crippen LogP contribution is -2.09. The molecule has 0 spiro atoms. The summed E-state index contributed by atoms with van der Waals surface area (Å²) in [6, 6.07) is 16.0. The van der Waals surface area contributed by atoms with E-state index in [4.69, 9.17) is 4.74 Å². The number of aryl methyl sites for hydroxylation is 1. The Labute approximate surface area is 187 Å². The molecule has 164 valence electrons. The molecule has 3 aromatic carbocycles. The minimum absolute atomic E-state index is 0.209. The van der Waals surface area contributed by atoms with E-state index >= 15 is 0 Å². The number of nitriles is 1. The molecule has 2 aromatic heterocycles. The second-order valence-electron chi connectivity index (χ2n) is 7.64. The summed E-state index contributed by atoms with van der Waals surface area (Å²) in [5, 5.41) is 10.8. The summed E-state index contributed by atoms with van der Waals surface area (Å²) in [6.07, 6.45) is 0. The first-order chi connectivity index (χ1) is 15.7. The normalized spacial score (nSPS) is 11.8. The number of aromatic nitrogens is 2. The fourth-order valence-electron chi connectivity index (χ4n) is 4.23. The molecule has 1 N–H and O–H groups in total. The summed E-state index contributed by atoms with van der Waals surface area (Å²) in [4.78, 5) is 16.2. The van der Waals surface area contributed by atoms with Crippen molar-refractivity contribution in [3.63, 3.8) is 0 Å². The Morgan fingerprint density at radius 2 is 1.88 bits per heavy atom. The number of rotatable bonds is 3. The van der Waals surface area contributed by atoms with E-state index in [-0.39, 0.29) is 5.43 Å². The third kappa shape index (κ3) is 3.15. The van der Waals surface area contributed by atoms with E-state index in [1.165, 1.54) is 25.3 Å². The number of pyridine rings is 1. The van der Waals surface area contributed by atoms with E-state index in [0.29, 0.717) is 55.3 Å². The van der Waals surface area contributed by atoms with E-state index in [9.17, 15) is 22.4 Å². The lowest BCUT2D eigenvalue weighted by molar-refractivity contribution is 0.417. The predicted octanol–water partition coefficient (Wildman–Crippen LogP) is 4.38. The van der Waals surface area contributed by atoms with Gasteiger partial charge in [0.05, 0.1) is 39.9 Å². The number of nitrogens with one attached hydrogen (secondary N) is 1. The molecule has 0 radical (unpaired) electrons. The van der Waals surface area contributed by atoms with Gasteiger partial charge in [0.2, 0.25) is 0 Å². The summed E-state index contributed by atoms with van der Waals surface area (Å²) in [5.74, 6) is 0.346. The smallest absolute Gasteiger partial charge is 0.332 e. The summed E-state index contributed by atoms with van der Waals surface area (Å²) in [5.41, 5.74) is 3.01. The molecule has 0 aliphatic carbocycles. The Hall–Kier alpha value is -4.16. The molecule has 0 saturated heterocycles.